The molecule has 1 unspecified atom stereocenters. The highest BCUT2D eigenvalue weighted by atomic mass is 16.6. The van der Waals surface area contributed by atoms with Gasteiger partial charge in [0.25, 0.3) is 0 Å². The Morgan fingerprint density at radius 3 is 0.627 bits per heavy atom. The van der Waals surface area contributed by atoms with Crippen molar-refractivity contribution in [3.63, 3.8) is 0 Å². The predicted molar refractivity (Wildman–Crippen MR) is 363 cm³/mol. The zero-order valence-corrected chi connectivity index (χ0v) is 56.5. The average Bonchev–Trinajstić information content (AvgIpc) is 3.49. The highest BCUT2D eigenvalue weighted by Gasteiger charge is 2.20. The fourth-order valence-corrected chi connectivity index (χ4v) is 11.7. The van der Waals surface area contributed by atoms with Gasteiger partial charge >= 0.3 is 17.9 Å². The van der Waals surface area contributed by atoms with E-state index < -0.39 is 6.10 Å². The van der Waals surface area contributed by atoms with Crippen LogP contribution in [0.3, 0.4) is 0 Å². The van der Waals surface area contributed by atoms with Crippen LogP contribution in [0.2, 0.25) is 0 Å². The van der Waals surface area contributed by atoms with Gasteiger partial charge in [-0.25, -0.2) is 0 Å². The van der Waals surface area contributed by atoms with E-state index in [0.717, 1.165) is 64.2 Å². The lowest BCUT2D eigenvalue weighted by atomic mass is 10.0. The maximum absolute atomic E-state index is 12.9. The van der Waals surface area contributed by atoms with Gasteiger partial charge in [-0.2, -0.15) is 0 Å². The van der Waals surface area contributed by atoms with E-state index in [0.29, 0.717) is 19.3 Å². The molecule has 0 aliphatic rings. The van der Waals surface area contributed by atoms with Gasteiger partial charge in [0.1, 0.15) is 13.2 Å². The Kier molecular flexibility index (Phi) is 70.5. The van der Waals surface area contributed by atoms with E-state index >= 15 is 0 Å². The molecule has 6 nitrogen and oxygen atoms in total. The van der Waals surface area contributed by atoms with Crippen molar-refractivity contribution in [3.8, 4) is 0 Å². The van der Waals surface area contributed by atoms with Crippen molar-refractivity contribution >= 4 is 17.9 Å². The monoisotopic (exact) mass is 1170 g/mol. The number of rotatable bonds is 71. The molecule has 0 amide bonds. The number of unbranched alkanes of at least 4 members (excludes halogenated alkanes) is 56. The minimum atomic E-state index is -0.771. The van der Waals surface area contributed by atoms with Gasteiger partial charge in [-0.15, -0.1) is 0 Å². The first-order valence-electron chi connectivity index (χ1n) is 37.8. The Labute approximate surface area is 519 Å². The van der Waals surface area contributed by atoms with Crippen LogP contribution in [0.25, 0.3) is 0 Å². The molecule has 0 N–H and O–H groups in total. The topological polar surface area (TPSA) is 78.9 Å². The van der Waals surface area contributed by atoms with Crippen molar-refractivity contribution in [2.75, 3.05) is 13.2 Å². The molecule has 0 fully saturated rings. The molecule has 0 bridgehead atoms. The molecule has 0 radical (unpaired) electrons. The van der Waals surface area contributed by atoms with Gasteiger partial charge in [0.15, 0.2) is 6.10 Å². The fourth-order valence-electron chi connectivity index (χ4n) is 11.7. The van der Waals surface area contributed by atoms with E-state index in [4.69, 9.17) is 14.2 Å². The summed E-state index contributed by atoms with van der Waals surface area (Å²) in [6, 6.07) is 0. The maximum atomic E-state index is 12.9. The Hall–Kier alpha value is -2.11. The van der Waals surface area contributed by atoms with E-state index in [1.807, 2.05) is 0 Å². The second kappa shape index (κ2) is 72.4. The number of ether oxygens (including phenoxy) is 3. The standard InChI is InChI=1S/C77H146O6/c1-4-7-10-13-16-19-22-25-27-29-31-32-33-34-35-36-37-38-39-40-41-42-43-44-45-46-47-49-50-52-55-58-61-64-67-70-76(79)82-73-74(72-81-75(78)69-66-63-60-57-54-24-21-18-15-12-9-6-3)83-77(80)71-68-65-62-59-56-53-51-48-30-28-26-23-20-17-14-11-8-5-2/h18,21,29,31,74H,4-17,19-20,22-28,30,32-73H2,1-3H3/b21-18-,31-29-. The van der Waals surface area contributed by atoms with Crippen LogP contribution in [0.15, 0.2) is 24.3 Å². The van der Waals surface area contributed by atoms with Gasteiger partial charge in [-0.05, 0) is 70.6 Å². The molecule has 0 heterocycles. The van der Waals surface area contributed by atoms with Gasteiger partial charge in [-0.1, -0.05) is 366 Å². The zero-order chi connectivity index (χ0) is 59.9. The fraction of sp³-hybridized carbons (Fsp3) is 0.909. The van der Waals surface area contributed by atoms with Crippen molar-refractivity contribution in [2.45, 2.75) is 438 Å². The Morgan fingerprint density at radius 2 is 0.398 bits per heavy atom. The summed E-state index contributed by atoms with van der Waals surface area (Å²) in [6.07, 6.45) is 89.6. The molecule has 0 rings (SSSR count). The van der Waals surface area contributed by atoms with E-state index in [1.54, 1.807) is 0 Å². The molecule has 0 aliphatic carbocycles. The van der Waals surface area contributed by atoms with E-state index in [2.05, 4.69) is 45.1 Å². The molecule has 0 saturated heterocycles. The van der Waals surface area contributed by atoms with Gasteiger partial charge in [0.05, 0.1) is 0 Å². The number of allylic oxidation sites excluding steroid dienone is 4. The highest BCUT2D eigenvalue weighted by Crippen LogP contribution is 2.19. The first kappa shape index (κ1) is 80.9. The van der Waals surface area contributed by atoms with Crippen LogP contribution in [0.5, 0.6) is 0 Å². The van der Waals surface area contributed by atoms with Crippen LogP contribution in [0.1, 0.15) is 432 Å². The van der Waals surface area contributed by atoms with Crippen LogP contribution >= 0.6 is 0 Å². The summed E-state index contributed by atoms with van der Waals surface area (Å²) >= 11 is 0. The average molecular weight is 1170 g/mol. The van der Waals surface area contributed by atoms with E-state index in [1.165, 1.54) is 327 Å². The van der Waals surface area contributed by atoms with Crippen molar-refractivity contribution in [2.24, 2.45) is 0 Å². The van der Waals surface area contributed by atoms with Crippen molar-refractivity contribution in [1.29, 1.82) is 0 Å². The van der Waals surface area contributed by atoms with Gasteiger partial charge < -0.3 is 14.2 Å². The summed E-state index contributed by atoms with van der Waals surface area (Å²) in [6.45, 7) is 6.69. The van der Waals surface area contributed by atoms with E-state index in [9.17, 15) is 14.4 Å². The molecule has 0 saturated carbocycles. The summed E-state index contributed by atoms with van der Waals surface area (Å²) in [7, 11) is 0. The Morgan fingerprint density at radius 1 is 0.229 bits per heavy atom. The molecule has 83 heavy (non-hydrogen) atoms. The zero-order valence-electron chi connectivity index (χ0n) is 56.5. The Balaban J connectivity index is 4.04. The van der Waals surface area contributed by atoms with Crippen molar-refractivity contribution in [3.05, 3.63) is 24.3 Å². The second-order valence-corrected chi connectivity index (χ2v) is 25.9. The highest BCUT2D eigenvalue weighted by molar-refractivity contribution is 5.71. The van der Waals surface area contributed by atoms with Gasteiger partial charge in [0, 0.05) is 19.3 Å². The number of carbonyl (C=O) groups is 3. The first-order valence-corrected chi connectivity index (χ1v) is 37.8. The summed E-state index contributed by atoms with van der Waals surface area (Å²) in [4.78, 5) is 38.4. The van der Waals surface area contributed by atoms with Crippen molar-refractivity contribution in [1.82, 2.24) is 0 Å². The van der Waals surface area contributed by atoms with E-state index in [-0.39, 0.29) is 31.1 Å². The molecule has 0 aromatic heterocycles. The lowest BCUT2D eigenvalue weighted by molar-refractivity contribution is -0.167. The second-order valence-electron chi connectivity index (χ2n) is 25.9. The molecular formula is C77H146O6. The minimum absolute atomic E-state index is 0.0669. The minimum Gasteiger partial charge on any atom is -0.462 e. The maximum Gasteiger partial charge on any atom is 0.306 e. The summed E-state index contributed by atoms with van der Waals surface area (Å²) in [5, 5.41) is 0. The predicted octanol–water partition coefficient (Wildman–Crippen LogP) is 26.1. The molecule has 0 aromatic rings. The number of carbonyl (C=O) groups excluding carboxylic acids is 3. The summed E-state index contributed by atoms with van der Waals surface area (Å²) in [5.74, 6) is -0.843. The van der Waals surface area contributed by atoms with Crippen molar-refractivity contribution < 1.29 is 28.6 Å². The molecular weight excluding hydrogens is 1020 g/mol. The third-order valence-electron chi connectivity index (χ3n) is 17.4. The lowest BCUT2D eigenvalue weighted by Crippen LogP contribution is -2.30. The van der Waals surface area contributed by atoms with Gasteiger partial charge in [0.2, 0.25) is 0 Å². The van der Waals surface area contributed by atoms with Crippen LogP contribution in [-0.2, 0) is 28.6 Å². The van der Waals surface area contributed by atoms with Gasteiger partial charge in [-0.3, -0.25) is 14.4 Å². The third kappa shape index (κ3) is 70.5. The Bertz CT molecular complexity index is 1340. The van der Waals surface area contributed by atoms with Crippen LogP contribution in [0, 0.1) is 0 Å². The number of hydrogen-bond donors (Lipinski definition) is 0. The summed E-state index contributed by atoms with van der Waals surface area (Å²) < 4.78 is 17.0. The third-order valence-corrected chi connectivity index (χ3v) is 17.4. The normalized spacial score (nSPS) is 12.1. The molecule has 6 heteroatoms. The largest absolute Gasteiger partial charge is 0.462 e. The molecule has 0 spiro atoms. The summed E-state index contributed by atoms with van der Waals surface area (Å²) in [5.41, 5.74) is 0. The molecule has 0 aromatic carbocycles. The lowest BCUT2D eigenvalue weighted by Gasteiger charge is -2.18. The first-order chi connectivity index (χ1) is 41.0. The number of esters is 3. The SMILES string of the molecule is CCCCC/C=C\CCCCCCCC(=O)OCC(COC(=O)CCCCCCCCCCCCCCCCCCCCCCCCC/C=C\CCCCCCCCCC)OC(=O)CCCCCCCCCCCCCCCCCCCC. The quantitative estimate of drug-likeness (QED) is 0.0261. The molecule has 490 valence electrons. The molecule has 0 aliphatic heterocycles. The number of hydrogen-bond acceptors (Lipinski definition) is 6. The van der Waals surface area contributed by atoms with Crippen LogP contribution < -0.4 is 0 Å². The van der Waals surface area contributed by atoms with Crippen LogP contribution in [-0.4, -0.2) is 37.2 Å². The molecule has 1 atom stereocenters. The van der Waals surface area contributed by atoms with Crippen LogP contribution in [0.4, 0.5) is 0 Å². The smallest absolute Gasteiger partial charge is 0.306 e.